The Hall–Kier alpha value is -1.19. The molecule has 0 fully saturated rings. The molecular formula is C11H12ClN3. The van der Waals surface area contributed by atoms with Crippen molar-refractivity contribution >= 4 is 22.6 Å². The predicted molar refractivity (Wildman–Crippen MR) is 62.0 cm³/mol. The van der Waals surface area contributed by atoms with Crippen molar-refractivity contribution in [3.63, 3.8) is 0 Å². The fourth-order valence-electron chi connectivity index (χ4n) is 1.48. The maximum absolute atomic E-state index is 5.93. The number of hydrogen-bond acceptors (Lipinski definition) is 3. The van der Waals surface area contributed by atoms with Gasteiger partial charge in [0.05, 0.1) is 16.7 Å². The minimum absolute atomic E-state index is 0.476. The minimum Gasteiger partial charge on any atom is -0.316 e. The van der Waals surface area contributed by atoms with E-state index in [4.69, 9.17) is 11.6 Å². The zero-order chi connectivity index (χ0) is 10.8. The van der Waals surface area contributed by atoms with Gasteiger partial charge in [-0.2, -0.15) is 0 Å². The average Bonchev–Trinajstić information content (AvgIpc) is 2.21. The molecule has 0 aliphatic carbocycles. The van der Waals surface area contributed by atoms with E-state index in [-0.39, 0.29) is 0 Å². The number of rotatable bonds is 2. The van der Waals surface area contributed by atoms with Gasteiger partial charge in [-0.25, -0.2) is 9.97 Å². The Morgan fingerprint density at radius 2 is 2.07 bits per heavy atom. The van der Waals surface area contributed by atoms with Crippen molar-refractivity contribution in [2.24, 2.45) is 0 Å². The fraction of sp³-hybridized carbons (Fsp3) is 0.273. The molecule has 0 atom stereocenters. The topological polar surface area (TPSA) is 37.8 Å². The second-order valence-corrected chi connectivity index (χ2v) is 3.81. The van der Waals surface area contributed by atoms with E-state index in [2.05, 4.69) is 15.3 Å². The van der Waals surface area contributed by atoms with E-state index < -0.39 is 0 Å². The van der Waals surface area contributed by atoms with Crippen LogP contribution in [0.5, 0.6) is 0 Å². The van der Waals surface area contributed by atoms with Gasteiger partial charge in [-0.05, 0) is 31.7 Å². The van der Waals surface area contributed by atoms with Crippen LogP contribution in [0.2, 0.25) is 5.15 Å². The van der Waals surface area contributed by atoms with Crippen LogP contribution in [0.15, 0.2) is 18.2 Å². The third-order valence-corrected chi connectivity index (χ3v) is 2.58. The molecule has 1 aromatic heterocycles. The molecule has 1 aromatic carbocycles. The number of aromatic nitrogens is 2. The van der Waals surface area contributed by atoms with Gasteiger partial charge in [0.15, 0.2) is 5.15 Å². The summed E-state index contributed by atoms with van der Waals surface area (Å²) < 4.78 is 0. The van der Waals surface area contributed by atoms with Gasteiger partial charge >= 0.3 is 0 Å². The summed E-state index contributed by atoms with van der Waals surface area (Å²) in [4.78, 5) is 8.65. The van der Waals surface area contributed by atoms with Crippen LogP contribution < -0.4 is 5.32 Å². The molecule has 0 saturated carbocycles. The Balaban J connectivity index is 2.56. The molecule has 0 saturated heterocycles. The minimum atomic E-state index is 0.476. The summed E-state index contributed by atoms with van der Waals surface area (Å²) in [7, 11) is 1.91. The first-order chi connectivity index (χ1) is 7.20. The summed E-state index contributed by atoms with van der Waals surface area (Å²) in [5.74, 6) is 0. The van der Waals surface area contributed by atoms with Crippen LogP contribution in [0.3, 0.4) is 0 Å². The first-order valence-corrected chi connectivity index (χ1v) is 5.16. The molecule has 0 spiro atoms. The Morgan fingerprint density at radius 1 is 1.27 bits per heavy atom. The van der Waals surface area contributed by atoms with Crippen molar-refractivity contribution < 1.29 is 0 Å². The van der Waals surface area contributed by atoms with Crippen LogP contribution >= 0.6 is 11.6 Å². The lowest BCUT2D eigenvalue weighted by molar-refractivity contribution is 0.818. The van der Waals surface area contributed by atoms with E-state index in [0.717, 1.165) is 23.3 Å². The lowest BCUT2D eigenvalue weighted by Gasteiger charge is -2.03. The highest BCUT2D eigenvalue weighted by Gasteiger charge is 2.03. The molecule has 2 rings (SSSR count). The van der Waals surface area contributed by atoms with Crippen molar-refractivity contribution in [1.29, 1.82) is 0 Å². The lowest BCUT2D eigenvalue weighted by Crippen LogP contribution is -2.05. The normalized spacial score (nSPS) is 10.9. The van der Waals surface area contributed by atoms with Crippen molar-refractivity contribution in [1.82, 2.24) is 15.3 Å². The largest absolute Gasteiger partial charge is 0.316 e. The van der Waals surface area contributed by atoms with Crippen molar-refractivity contribution in [2.75, 3.05) is 7.05 Å². The first kappa shape index (κ1) is 10.3. The molecule has 1 heterocycles. The number of benzene rings is 1. The number of hydrogen-bond donors (Lipinski definition) is 1. The van der Waals surface area contributed by atoms with Crippen LogP contribution in [-0.4, -0.2) is 17.0 Å². The van der Waals surface area contributed by atoms with Gasteiger partial charge in [-0.3, -0.25) is 0 Å². The standard InChI is InChI=1S/C11H12ClN3/c1-7-11(12)15-10-5-8(6-13-2)3-4-9(10)14-7/h3-5,13H,6H2,1-2H3. The highest BCUT2D eigenvalue weighted by molar-refractivity contribution is 6.30. The van der Waals surface area contributed by atoms with Crippen molar-refractivity contribution in [3.8, 4) is 0 Å². The van der Waals surface area contributed by atoms with E-state index in [0.29, 0.717) is 5.15 Å². The maximum atomic E-state index is 5.93. The molecule has 0 bridgehead atoms. The number of aryl methyl sites for hydroxylation is 1. The molecular weight excluding hydrogens is 210 g/mol. The van der Waals surface area contributed by atoms with Crippen molar-refractivity contribution in [2.45, 2.75) is 13.5 Å². The SMILES string of the molecule is CNCc1ccc2nc(C)c(Cl)nc2c1. The highest BCUT2D eigenvalue weighted by atomic mass is 35.5. The summed E-state index contributed by atoms with van der Waals surface area (Å²) in [5.41, 5.74) is 3.68. The molecule has 0 aliphatic heterocycles. The van der Waals surface area contributed by atoms with E-state index in [9.17, 15) is 0 Å². The molecule has 0 amide bonds. The van der Waals surface area contributed by atoms with Gasteiger partial charge in [-0.15, -0.1) is 0 Å². The third kappa shape index (κ3) is 2.08. The van der Waals surface area contributed by atoms with Crippen LogP contribution in [-0.2, 0) is 6.54 Å². The summed E-state index contributed by atoms with van der Waals surface area (Å²) in [6.07, 6.45) is 0. The molecule has 1 N–H and O–H groups in total. The van der Waals surface area contributed by atoms with Crippen molar-refractivity contribution in [3.05, 3.63) is 34.6 Å². The monoisotopic (exact) mass is 221 g/mol. The van der Waals surface area contributed by atoms with Gasteiger partial charge in [0.2, 0.25) is 0 Å². The quantitative estimate of drug-likeness (QED) is 0.846. The first-order valence-electron chi connectivity index (χ1n) is 4.78. The predicted octanol–water partition coefficient (Wildman–Crippen LogP) is 2.31. The third-order valence-electron chi connectivity index (χ3n) is 2.23. The number of nitrogens with one attached hydrogen (secondary N) is 1. The molecule has 0 aliphatic rings. The summed E-state index contributed by atoms with van der Waals surface area (Å²) in [6, 6.07) is 6.02. The molecule has 2 aromatic rings. The van der Waals surface area contributed by atoms with Gasteiger partial charge in [0, 0.05) is 6.54 Å². The van der Waals surface area contributed by atoms with E-state index in [1.165, 1.54) is 5.56 Å². The molecule has 4 heteroatoms. The second kappa shape index (κ2) is 4.13. The summed E-state index contributed by atoms with van der Waals surface area (Å²) >= 11 is 5.93. The van der Waals surface area contributed by atoms with Gasteiger partial charge in [0.1, 0.15) is 0 Å². The van der Waals surface area contributed by atoms with Gasteiger partial charge in [-0.1, -0.05) is 17.7 Å². The van der Waals surface area contributed by atoms with Gasteiger partial charge in [0.25, 0.3) is 0 Å². The molecule has 78 valence electrons. The zero-order valence-electron chi connectivity index (χ0n) is 8.71. The van der Waals surface area contributed by atoms with Crippen LogP contribution in [0.25, 0.3) is 11.0 Å². The summed E-state index contributed by atoms with van der Waals surface area (Å²) in [6.45, 7) is 2.68. The Bertz CT molecular complexity index is 496. The summed E-state index contributed by atoms with van der Waals surface area (Å²) in [5, 5.41) is 3.57. The Morgan fingerprint density at radius 3 is 2.80 bits per heavy atom. The smallest absolute Gasteiger partial charge is 0.150 e. The fourth-order valence-corrected chi connectivity index (χ4v) is 1.61. The Labute approximate surface area is 93.5 Å². The average molecular weight is 222 g/mol. The lowest BCUT2D eigenvalue weighted by atomic mass is 10.2. The molecule has 0 radical (unpaired) electrons. The zero-order valence-corrected chi connectivity index (χ0v) is 9.47. The maximum Gasteiger partial charge on any atom is 0.150 e. The number of halogens is 1. The number of nitrogens with zero attached hydrogens (tertiary/aromatic N) is 2. The van der Waals surface area contributed by atoms with Crippen LogP contribution in [0.4, 0.5) is 0 Å². The molecule has 3 nitrogen and oxygen atoms in total. The number of fused-ring (bicyclic) bond motifs is 1. The van der Waals surface area contributed by atoms with Crippen LogP contribution in [0.1, 0.15) is 11.3 Å². The van der Waals surface area contributed by atoms with Crippen LogP contribution in [0, 0.1) is 6.92 Å². The molecule has 15 heavy (non-hydrogen) atoms. The second-order valence-electron chi connectivity index (χ2n) is 3.45. The Kier molecular flexibility index (Phi) is 2.84. The van der Waals surface area contributed by atoms with Gasteiger partial charge < -0.3 is 5.32 Å². The molecule has 0 unspecified atom stereocenters. The highest BCUT2D eigenvalue weighted by Crippen LogP contribution is 2.17. The van der Waals surface area contributed by atoms with E-state index >= 15 is 0 Å². The van der Waals surface area contributed by atoms with E-state index in [1.54, 1.807) is 0 Å². The van der Waals surface area contributed by atoms with E-state index in [1.807, 2.05) is 32.2 Å².